The van der Waals surface area contributed by atoms with Gasteiger partial charge in [0.15, 0.2) is 0 Å². The van der Waals surface area contributed by atoms with Crippen molar-refractivity contribution >= 4 is 27.5 Å². The van der Waals surface area contributed by atoms with E-state index in [0.29, 0.717) is 5.88 Å². The van der Waals surface area contributed by atoms with Crippen molar-refractivity contribution in [3.8, 4) is 0 Å². The van der Waals surface area contributed by atoms with Gasteiger partial charge in [-0.15, -0.1) is 11.6 Å². The average molecular weight is 278 g/mol. The molecule has 0 atom stereocenters. The third-order valence-corrected chi connectivity index (χ3v) is 2.97. The minimum Gasteiger partial charge on any atom is -0.306 e. The van der Waals surface area contributed by atoms with Crippen LogP contribution >= 0.6 is 27.5 Å². The van der Waals surface area contributed by atoms with E-state index in [0.717, 1.165) is 16.6 Å². The summed E-state index contributed by atoms with van der Waals surface area (Å²) < 4.78 is 1.00. The maximum absolute atomic E-state index is 5.80. The molecule has 0 unspecified atom stereocenters. The van der Waals surface area contributed by atoms with Gasteiger partial charge in [-0.1, -0.05) is 0 Å². The van der Waals surface area contributed by atoms with Crippen LogP contribution in [0.5, 0.6) is 0 Å². The van der Waals surface area contributed by atoms with E-state index >= 15 is 0 Å². The van der Waals surface area contributed by atoms with E-state index in [1.165, 1.54) is 0 Å². The number of alkyl halides is 1. The molecule has 14 heavy (non-hydrogen) atoms. The highest BCUT2D eigenvalue weighted by Gasteiger charge is 2.14. The molecule has 0 aliphatic rings. The number of aromatic nitrogens is 1. The maximum Gasteiger partial charge on any atom is 0.0410 e. The Kier molecular flexibility index (Phi) is 4.35. The highest BCUT2D eigenvalue weighted by Crippen LogP contribution is 2.11. The van der Waals surface area contributed by atoms with Gasteiger partial charge in [0, 0.05) is 34.8 Å². The monoisotopic (exact) mass is 276 g/mol. The molecule has 0 bridgehead atoms. The molecule has 1 N–H and O–H groups in total. The molecule has 1 aromatic rings. The molecule has 78 valence electrons. The molecule has 1 rings (SSSR count). The summed E-state index contributed by atoms with van der Waals surface area (Å²) in [5.41, 5.74) is 1.11. The van der Waals surface area contributed by atoms with Gasteiger partial charge in [0.1, 0.15) is 0 Å². The molecular weight excluding hydrogens is 263 g/mol. The molecule has 0 aliphatic heterocycles. The predicted molar refractivity (Wildman–Crippen MR) is 63.6 cm³/mol. The fourth-order valence-corrected chi connectivity index (χ4v) is 1.45. The molecule has 0 saturated heterocycles. The van der Waals surface area contributed by atoms with E-state index in [1.807, 2.05) is 12.3 Å². The molecule has 0 aliphatic carbocycles. The SMILES string of the molecule is CC(C)(CCl)NCc1cncc(Br)c1. The van der Waals surface area contributed by atoms with Crippen LogP contribution in [0.3, 0.4) is 0 Å². The zero-order chi connectivity index (χ0) is 10.6. The maximum atomic E-state index is 5.80. The summed E-state index contributed by atoms with van der Waals surface area (Å²) in [6.45, 7) is 4.93. The minimum absolute atomic E-state index is 0.0378. The van der Waals surface area contributed by atoms with Crippen LogP contribution in [-0.2, 0) is 6.54 Å². The van der Waals surface area contributed by atoms with Crippen LogP contribution < -0.4 is 5.32 Å². The Bertz CT molecular complexity index is 302. The number of hydrogen-bond acceptors (Lipinski definition) is 2. The lowest BCUT2D eigenvalue weighted by molar-refractivity contribution is 0.429. The number of rotatable bonds is 4. The average Bonchev–Trinajstić information content (AvgIpc) is 2.15. The van der Waals surface area contributed by atoms with Gasteiger partial charge < -0.3 is 5.32 Å². The first-order valence-electron chi connectivity index (χ1n) is 4.44. The van der Waals surface area contributed by atoms with Crippen LogP contribution in [-0.4, -0.2) is 16.4 Å². The molecule has 0 aromatic carbocycles. The van der Waals surface area contributed by atoms with Crippen LogP contribution in [0.25, 0.3) is 0 Å². The van der Waals surface area contributed by atoms with E-state index in [4.69, 9.17) is 11.6 Å². The van der Waals surface area contributed by atoms with Gasteiger partial charge >= 0.3 is 0 Å². The Morgan fingerprint density at radius 1 is 1.50 bits per heavy atom. The summed E-state index contributed by atoms with van der Waals surface area (Å²) in [6.07, 6.45) is 3.62. The molecular formula is C10H14BrClN2. The normalized spacial score (nSPS) is 11.7. The zero-order valence-electron chi connectivity index (χ0n) is 8.35. The minimum atomic E-state index is -0.0378. The topological polar surface area (TPSA) is 24.9 Å². The van der Waals surface area contributed by atoms with Gasteiger partial charge in [0.2, 0.25) is 0 Å². The Morgan fingerprint density at radius 3 is 2.79 bits per heavy atom. The fourth-order valence-electron chi connectivity index (χ4n) is 0.941. The first kappa shape index (κ1) is 12.0. The van der Waals surface area contributed by atoms with Crippen LogP contribution in [0.1, 0.15) is 19.4 Å². The van der Waals surface area contributed by atoms with Gasteiger partial charge in [0.05, 0.1) is 0 Å². The summed E-state index contributed by atoms with van der Waals surface area (Å²) in [5, 5.41) is 3.36. The second kappa shape index (κ2) is 5.10. The molecule has 1 heterocycles. The van der Waals surface area contributed by atoms with Crippen molar-refractivity contribution in [1.29, 1.82) is 0 Å². The summed E-state index contributed by atoms with van der Waals surface area (Å²) in [6, 6.07) is 2.05. The lowest BCUT2D eigenvalue weighted by Gasteiger charge is -2.23. The van der Waals surface area contributed by atoms with Gasteiger partial charge in [-0.25, -0.2) is 0 Å². The lowest BCUT2D eigenvalue weighted by Crippen LogP contribution is -2.40. The molecule has 0 radical (unpaired) electrons. The number of pyridine rings is 1. The van der Waals surface area contributed by atoms with E-state index in [9.17, 15) is 0 Å². The summed E-state index contributed by atoms with van der Waals surface area (Å²) in [5.74, 6) is 0.592. The van der Waals surface area contributed by atoms with Crippen LogP contribution in [0.2, 0.25) is 0 Å². The molecule has 4 heteroatoms. The summed E-state index contributed by atoms with van der Waals surface area (Å²) in [7, 11) is 0. The first-order chi connectivity index (χ1) is 6.53. The second-order valence-corrected chi connectivity index (χ2v) is 5.07. The smallest absolute Gasteiger partial charge is 0.0410 e. The molecule has 1 aromatic heterocycles. The number of hydrogen-bond donors (Lipinski definition) is 1. The summed E-state index contributed by atoms with van der Waals surface area (Å²) in [4.78, 5) is 4.09. The predicted octanol–water partition coefficient (Wildman–Crippen LogP) is 2.95. The number of halogens is 2. The van der Waals surface area contributed by atoms with E-state index in [2.05, 4.69) is 40.1 Å². The fraction of sp³-hybridized carbons (Fsp3) is 0.500. The molecule has 0 fully saturated rings. The van der Waals surface area contributed by atoms with Gasteiger partial charge in [-0.3, -0.25) is 4.98 Å². The Morgan fingerprint density at radius 2 is 2.21 bits per heavy atom. The van der Waals surface area contributed by atoms with Crippen LogP contribution in [0.4, 0.5) is 0 Å². The number of nitrogens with one attached hydrogen (secondary N) is 1. The standard InChI is InChI=1S/C10H14BrClN2/c1-10(2,7-12)14-5-8-3-9(11)6-13-4-8/h3-4,6,14H,5,7H2,1-2H3. The van der Waals surface area contributed by atoms with E-state index < -0.39 is 0 Å². The molecule has 0 amide bonds. The van der Waals surface area contributed by atoms with Crippen molar-refractivity contribution in [3.63, 3.8) is 0 Å². The van der Waals surface area contributed by atoms with Gasteiger partial charge in [-0.2, -0.15) is 0 Å². The summed E-state index contributed by atoms with van der Waals surface area (Å²) >= 11 is 9.19. The molecule has 0 spiro atoms. The lowest BCUT2D eigenvalue weighted by atomic mass is 10.1. The number of nitrogens with zero attached hydrogens (tertiary/aromatic N) is 1. The molecule has 0 saturated carbocycles. The van der Waals surface area contributed by atoms with E-state index in [-0.39, 0.29) is 5.54 Å². The van der Waals surface area contributed by atoms with Crippen molar-refractivity contribution in [1.82, 2.24) is 10.3 Å². The Hall–Kier alpha value is -0.120. The Balaban J connectivity index is 2.54. The van der Waals surface area contributed by atoms with Crippen LogP contribution in [0, 0.1) is 0 Å². The third-order valence-electron chi connectivity index (χ3n) is 1.87. The van der Waals surface area contributed by atoms with E-state index in [1.54, 1.807) is 6.20 Å². The van der Waals surface area contributed by atoms with Crippen molar-refractivity contribution in [2.75, 3.05) is 5.88 Å². The first-order valence-corrected chi connectivity index (χ1v) is 5.77. The highest BCUT2D eigenvalue weighted by atomic mass is 79.9. The van der Waals surface area contributed by atoms with Crippen molar-refractivity contribution < 1.29 is 0 Å². The van der Waals surface area contributed by atoms with Crippen LogP contribution in [0.15, 0.2) is 22.9 Å². The van der Waals surface area contributed by atoms with Crippen molar-refractivity contribution in [2.24, 2.45) is 0 Å². The van der Waals surface area contributed by atoms with Gasteiger partial charge in [0.25, 0.3) is 0 Å². The third kappa shape index (κ3) is 3.95. The largest absolute Gasteiger partial charge is 0.306 e. The quantitative estimate of drug-likeness (QED) is 0.856. The second-order valence-electron chi connectivity index (χ2n) is 3.88. The highest BCUT2D eigenvalue weighted by molar-refractivity contribution is 9.10. The molecule has 2 nitrogen and oxygen atoms in total. The van der Waals surface area contributed by atoms with Crippen molar-refractivity contribution in [2.45, 2.75) is 25.9 Å². The zero-order valence-corrected chi connectivity index (χ0v) is 10.7. The van der Waals surface area contributed by atoms with Crippen molar-refractivity contribution in [3.05, 3.63) is 28.5 Å². The Labute approximate surface area is 98.2 Å². The van der Waals surface area contributed by atoms with Gasteiger partial charge in [-0.05, 0) is 41.4 Å².